The Labute approximate surface area is 178 Å². The van der Waals surface area contributed by atoms with Gasteiger partial charge in [0.15, 0.2) is 0 Å². The van der Waals surface area contributed by atoms with Crippen molar-refractivity contribution in [3.63, 3.8) is 0 Å². The quantitative estimate of drug-likeness (QED) is 0.756. The Balaban J connectivity index is 1.39. The topological polar surface area (TPSA) is 78.6 Å². The molecular formula is C21H23FN6OS. The molecule has 3 aliphatic heterocycles. The first-order chi connectivity index (χ1) is 14.5. The first kappa shape index (κ1) is 19.2. The molecule has 3 aliphatic rings. The first-order valence-corrected chi connectivity index (χ1v) is 11.0. The van der Waals surface area contributed by atoms with Crippen LogP contribution < -0.4 is 15.5 Å². The van der Waals surface area contributed by atoms with Crippen molar-refractivity contribution in [1.82, 2.24) is 14.9 Å². The first-order valence-electron chi connectivity index (χ1n) is 10.1. The molecule has 1 saturated heterocycles. The molecule has 5 rings (SSSR count). The van der Waals surface area contributed by atoms with E-state index in [1.54, 1.807) is 23.2 Å². The van der Waals surface area contributed by atoms with E-state index in [-0.39, 0.29) is 11.3 Å². The van der Waals surface area contributed by atoms with E-state index in [0.717, 1.165) is 37.3 Å². The summed E-state index contributed by atoms with van der Waals surface area (Å²) in [6, 6.07) is 7.18. The molecule has 7 nitrogen and oxygen atoms in total. The van der Waals surface area contributed by atoms with Crippen LogP contribution in [0, 0.1) is 5.95 Å². The minimum Gasteiger partial charge on any atom is -0.384 e. The number of nitrogens with two attached hydrogens (primary N) is 1. The van der Waals surface area contributed by atoms with Crippen LogP contribution in [0.15, 0.2) is 41.1 Å². The van der Waals surface area contributed by atoms with Crippen LogP contribution in [-0.4, -0.2) is 47.5 Å². The van der Waals surface area contributed by atoms with Gasteiger partial charge in [-0.25, -0.2) is 9.97 Å². The number of carbonyl (C=O) groups excluding carboxylic acids is 1. The number of carbonyl (C=O) groups is 1. The summed E-state index contributed by atoms with van der Waals surface area (Å²) in [4.78, 5) is 27.9. The maximum atomic E-state index is 15.0. The van der Waals surface area contributed by atoms with E-state index in [0.29, 0.717) is 35.1 Å². The van der Waals surface area contributed by atoms with E-state index in [9.17, 15) is 9.18 Å². The summed E-state index contributed by atoms with van der Waals surface area (Å²) in [5.74, 6) is 0.521. The van der Waals surface area contributed by atoms with Crippen LogP contribution in [-0.2, 0) is 4.79 Å². The zero-order valence-electron chi connectivity index (χ0n) is 16.7. The highest BCUT2D eigenvalue weighted by molar-refractivity contribution is 8.04. The highest BCUT2D eigenvalue weighted by Gasteiger charge is 2.40. The smallest absolute Gasteiger partial charge is 0.266 e. The molecule has 9 heteroatoms. The molecule has 1 amide bonds. The fraction of sp³-hybridized carbons (Fsp3) is 0.381. The lowest BCUT2D eigenvalue weighted by molar-refractivity contribution is -0.114. The molecule has 2 aromatic heterocycles. The fourth-order valence-corrected chi connectivity index (χ4v) is 5.74. The Kier molecular flexibility index (Phi) is 4.77. The number of hydrogen-bond donors (Lipinski definition) is 1. The number of anilines is 3. The lowest BCUT2D eigenvalue weighted by Crippen LogP contribution is -2.37. The number of nitrogens with zero attached hydrogens (tertiary/aromatic N) is 5. The zero-order chi connectivity index (χ0) is 20.8. The number of pyridine rings is 2. The van der Waals surface area contributed by atoms with Gasteiger partial charge in [0.05, 0.1) is 4.91 Å². The van der Waals surface area contributed by atoms with E-state index in [1.165, 1.54) is 11.8 Å². The van der Waals surface area contributed by atoms with Gasteiger partial charge in [0.25, 0.3) is 5.91 Å². The van der Waals surface area contributed by atoms with Crippen LogP contribution in [0.1, 0.15) is 30.2 Å². The van der Waals surface area contributed by atoms with Crippen molar-refractivity contribution in [1.29, 1.82) is 0 Å². The molecule has 1 fully saturated rings. The number of halogens is 1. The van der Waals surface area contributed by atoms with Gasteiger partial charge in [0.2, 0.25) is 5.95 Å². The number of aromatic nitrogens is 2. The Morgan fingerprint density at radius 3 is 2.73 bits per heavy atom. The van der Waals surface area contributed by atoms with Gasteiger partial charge in [0.1, 0.15) is 17.0 Å². The molecule has 5 heterocycles. The number of thioether (sulfide) groups is 1. The summed E-state index contributed by atoms with van der Waals surface area (Å²) in [5.41, 5.74) is 7.98. The van der Waals surface area contributed by atoms with Crippen LogP contribution in [0.25, 0.3) is 0 Å². The highest BCUT2D eigenvalue weighted by atomic mass is 32.2. The summed E-state index contributed by atoms with van der Waals surface area (Å²) >= 11 is 1.39. The van der Waals surface area contributed by atoms with Gasteiger partial charge in [-0.1, -0.05) is 11.8 Å². The SMILES string of the molecule is CN1C2=C(SC1c1ccc(N3CCCC3)nc1F)C(=O)N(c1ccnc(N)c1)CC2. The molecule has 0 saturated carbocycles. The third-order valence-corrected chi connectivity index (χ3v) is 7.36. The maximum absolute atomic E-state index is 15.0. The molecule has 0 spiro atoms. The van der Waals surface area contributed by atoms with E-state index in [2.05, 4.69) is 14.9 Å². The summed E-state index contributed by atoms with van der Waals surface area (Å²) in [7, 11) is 1.92. The van der Waals surface area contributed by atoms with Crippen LogP contribution in [0.4, 0.5) is 21.7 Å². The molecule has 1 unspecified atom stereocenters. The average molecular weight is 427 g/mol. The van der Waals surface area contributed by atoms with Crippen LogP contribution in [0.5, 0.6) is 0 Å². The van der Waals surface area contributed by atoms with Crippen LogP contribution >= 0.6 is 11.8 Å². The number of nitrogen functional groups attached to an aromatic ring is 1. The van der Waals surface area contributed by atoms with Gasteiger partial charge < -0.3 is 20.4 Å². The second-order valence-corrected chi connectivity index (χ2v) is 8.84. The minimum absolute atomic E-state index is 0.0803. The summed E-state index contributed by atoms with van der Waals surface area (Å²) in [6.45, 7) is 2.39. The molecular weight excluding hydrogens is 403 g/mol. The number of amides is 1. The Morgan fingerprint density at radius 1 is 1.20 bits per heavy atom. The normalized spacial score (nSPS) is 21.6. The predicted octanol–water partition coefficient (Wildman–Crippen LogP) is 3.12. The standard InChI is InChI=1S/C21H23FN6OS/c1-26-15-7-11-28(13-6-8-24-16(23)12-13)20(29)18(15)30-21(26)14-4-5-17(25-19(14)22)27-9-2-3-10-27/h4-6,8,12,21H,2-3,7,9-11H2,1H3,(H2,23,24). The Morgan fingerprint density at radius 2 is 2.00 bits per heavy atom. The van der Waals surface area contributed by atoms with Crippen molar-refractivity contribution in [2.45, 2.75) is 24.6 Å². The minimum atomic E-state index is -0.463. The van der Waals surface area contributed by atoms with Crippen molar-refractivity contribution in [3.05, 3.63) is 52.6 Å². The molecule has 0 aliphatic carbocycles. The molecule has 156 valence electrons. The van der Waals surface area contributed by atoms with Gasteiger partial charge >= 0.3 is 0 Å². The molecule has 1 atom stereocenters. The van der Waals surface area contributed by atoms with Gasteiger partial charge in [-0.05, 0) is 31.0 Å². The molecule has 0 radical (unpaired) electrons. The van der Waals surface area contributed by atoms with Gasteiger partial charge in [-0.2, -0.15) is 4.39 Å². The number of rotatable bonds is 3. The molecule has 2 aromatic rings. The van der Waals surface area contributed by atoms with Crippen molar-refractivity contribution in [2.75, 3.05) is 42.2 Å². The predicted molar refractivity (Wildman–Crippen MR) is 116 cm³/mol. The largest absolute Gasteiger partial charge is 0.384 e. The van der Waals surface area contributed by atoms with Gasteiger partial charge in [-0.15, -0.1) is 0 Å². The summed E-state index contributed by atoms with van der Waals surface area (Å²) < 4.78 is 15.0. The van der Waals surface area contributed by atoms with E-state index >= 15 is 0 Å². The van der Waals surface area contributed by atoms with Gasteiger partial charge in [0, 0.05) is 62.3 Å². The monoisotopic (exact) mass is 426 g/mol. The highest BCUT2D eigenvalue weighted by Crippen LogP contribution is 2.50. The zero-order valence-corrected chi connectivity index (χ0v) is 17.5. The van der Waals surface area contributed by atoms with Crippen molar-refractivity contribution >= 4 is 35.0 Å². The lowest BCUT2D eigenvalue weighted by Gasteiger charge is -2.30. The third-order valence-electron chi connectivity index (χ3n) is 5.92. The maximum Gasteiger partial charge on any atom is 0.266 e. The second-order valence-electron chi connectivity index (χ2n) is 7.75. The second kappa shape index (κ2) is 7.46. The molecule has 0 aromatic carbocycles. The summed E-state index contributed by atoms with van der Waals surface area (Å²) in [5, 5.41) is -0.304. The van der Waals surface area contributed by atoms with Crippen molar-refractivity contribution < 1.29 is 9.18 Å². The number of hydrogen-bond acceptors (Lipinski definition) is 7. The summed E-state index contributed by atoms with van der Waals surface area (Å²) in [6.07, 6.45) is 4.53. The molecule has 2 N–H and O–H groups in total. The van der Waals surface area contributed by atoms with E-state index in [1.807, 2.05) is 24.1 Å². The van der Waals surface area contributed by atoms with Crippen LogP contribution in [0.3, 0.4) is 0 Å². The van der Waals surface area contributed by atoms with Gasteiger partial charge in [-0.3, -0.25) is 4.79 Å². The lowest BCUT2D eigenvalue weighted by atomic mass is 10.1. The Hall–Kier alpha value is -2.81. The fourth-order valence-electron chi connectivity index (χ4n) is 4.33. The molecule has 30 heavy (non-hydrogen) atoms. The van der Waals surface area contributed by atoms with Crippen molar-refractivity contribution in [3.8, 4) is 0 Å². The van der Waals surface area contributed by atoms with E-state index in [4.69, 9.17) is 5.73 Å². The average Bonchev–Trinajstić information content (AvgIpc) is 3.38. The molecule has 0 bridgehead atoms. The van der Waals surface area contributed by atoms with Crippen molar-refractivity contribution in [2.24, 2.45) is 0 Å². The van der Waals surface area contributed by atoms with E-state index < -0.39 is 5.95 Å². The Bertz CT molecular complexity index is 1040. The third kappa shape index (κ3) is 3.17. The van der Waals surface area contributed by atoms with Crippen LogP contribution in [0.2, 0.25) is 0 Å².